The number of hydrogen-bond acceptors (Lipinski definition) is 5. The Kier molecular flexibility index (Phi) is 4.01. The number of amides is 2. The van der Waals surface area contributed by atoms with Crippen molar-refractivity contribution in [3.05, 3.63) is 46.9 Å². The summed E-state index contributed by atoms with van der Waals surface area (Å²) in [6, 6.07) is 10.4. The van der Waals surface area contributed by atoms with Gasteiger partial charge >= 0.3 is 5.69 Å². The standard InChI is InChI=1S/C20H18N4O5/c25-18-7-11(10-24(18)13-2-4-16-17(9-13)29-6-5-28-16)19(26)21-12-1-3-14-15(8-12)23-20(27)22-14/h1-4,8-9,11H,5-7,10H2,(H,21,26)(H2,22,23,27)/t11-/m1/s1. The largest absolute Gasteiger partial charge is 0.486 e. The number of aromatic amines is 2. The normalized spacial score (nSPS) is 18.3. The first kappa shape index (κ1) is 17.4. The number of H-pyrrole nitrogens is 2. The second-order valence-electron chi connectivity index (χ2n) is 7.06. The summed E-state index contributed by atoms with van der Waals surface area (Å²) in [5.41, 5.74) is 2.20. The lowest BCUT2D eigenvalue weighted by atomic mass is 10.1. The first-order valence-electron chi connectivity index (χ1n) is 9.30. The second kappa shape index (κ2) is 6.69. The van der Waals surface area contributed by atoms with Crippen molar-refractivity contribution in [1.82, 2.24) is 9.97 Å². The Morgan fingerprint density at radius 3 is 2.66 bits per heavy atom. The highest BCUT2D eigenvalue weighted by Crippen LogP contribution is 2.36. The van der Waals surface area contributed by atoms with E-state index in [-0.39, 0.29) is 30.5 Å². The summed E-state index contributed by atoms with van der Waals surface area (Å²) in [6.45, 7) is 1.25. The van der Waals surface area contributed by atoms with Gasteiger partial charge in [-0.05, 0) is 30.3 Å². The predicted molar refractivity (Wildman–Crippen MR) is 105 cm³/mol. The first-order valence-corrected chi connectivity index (χ1v) is 9.30. The van der Waals surface area contributed by atoms with E-state index in [9.17, 15) is 14.4 Å². The quantitative estimate of drug-likeness (QED) is 0.624. The Bertz CT molecular complexity index is 1180. The number of benzene rings is 2. The molecule has 0 spiro atoms. The highest BCUT2D eigenvalue weighted by Gasteiger charge is 2.35. The van der Waals surface area contributed by atoms with E-state index in [1.54, 1.807) is 41.3 Å². The van der Waals surface area contributed by atoms with Gasteiger partial charge in [0.1, 0.15) is 13.2 Å². The number of ether oxygens (including phenoxy) is 2. The van der Waals surface area contributed by atoms with Crippen molar-refractivity contribution in [2.75, 3.05) is 30.0 Å². The zero-order chi connectivity index (χ0) is 20.0. The number of fused-ring (bicyclic) bond motifs is 2. The number of carbonyl (C=O) groups excluding carboxylic acids is 2. The molecule has 5 rings (SSSR count). The van der Waals surface area contributed by atoms with Crippen LogP contribution >= 0.6 is 0 Å². The number of hydrogen-bond donors (Lipinski definition) is 3. The van der Waals surface area contributed by atoms with E-state index >= 15 is 0 Å². The van der Waals surface area contributed by atoms with Crippen molar-refractivity contribution < 1.29 is 19.1 Å². The van der Waals surface area contributed by atoms with Gasteiger partial charge in [-0.3, -0.25) is 9.59 Å². The number of aromatic nitrogens is 2. The van der Waals surface area contributed by atoms with Gasteiger partial charge in [-0.15, -0.1) is 0 Å². The number of rotatable bonds is 3. The van der Waals surface area contributed by atoms with Crippen LogP contribution in [0, 0.1) is 5.92 Å². The molecular formula is C20H18N4O5. The van der Waals surface area contributed by atoms with Crippen LogP contribution in [0.5, 0.6) is 11.5 Å². The molecule has 29 heavy (non-hydrogen) atoms. The SMILES string of the molecule is O=C(Nc1ccc2[nH]c(=O)[nH]c2c1)[C@@H]1CC(=O)N(c2ccc3c(c2)OCCO3)C1. The molecule has 148 valence electrons. The summed E-state index contributed by atoms with van der Waals surface area (Å²) in [7, 11) is 0. The van der Waals surface area contributed by atoms with Crippen LogP contribution in [-0.2, 0) is 9.59 Å². The lowest BCUT2D eigenvalue weighted by molar-refractivity contribution is -0.122. The van der Waals surface area contributed by atoms with E-state index in [1.807, 2.05) is 0 Å². The molecule has 1 atom stereocenters. The van der Waals surface area contributed by atoms with Crippen molar-refractivity contribution in [3.8, 4) is 11.5 Å². The van der Waals surface area contributed by atoms with E-state index in [2.05, 4.69) is 15.3 Å². The smallest absolute Gasteiger partial charge is 0.323 e. The molecule has 0 unspecified atom stereocenters. The molecule has 3 N–H and O–H groups in total. The fourth-order valence-corrected chi connectivity index (χ4v) is 3.69. The minimum atomic E-state index is -0.475. The van der Waals surface area contributed by atoms with E-state index in [0.29, 0.717) is 47.1 Å². The van der Waals surface area contributed by atoms with Crippen LogP contribution in [0.1, 0.15) is 6.42 Å². The van der Waals surface area contributed by atoms with Gasteiger partial charge in [0.05, 0.1) is 17.0 Å². The van der Waals surface area contributed by atoms with Crippen molar-refractivity contribution in [2.24, 2.45) is 5.92 Å². The third-order valence-electron chi connectivity index (χ3n) is 5.12. The Hall–Kier alpha value is -3.75. The zero-order valence-corrected chi connectivity index (χ0v) is 15.4. The fraction of sp³-hybridized carbons (Fsp3) is 0.250. The summed E-state index contributed by atoms with van der Waals surface area (Å²) in [5, 5.41) is 2.83. The third-order valence-corrected chi connectivity index (χ3v) is 5.12. The maximum Gasteiger partial charge on any atom is 0.323 e. The molecule has 1 fully saturated rings. The molecule has 3 aromatic rings. The predicted octanol–water partition coefficient (Wildman–Crippen LogP) is 1.62. The topological polar surface area (TPSA) is 117 Å². The van der Waals surface area contributed by atoms with Crippen LogP contribution in [0.15, 0.2) is 41.2 Å². The third kappa shape index (κ3) is 3.20. The van der Waals surface area contributed by atoms with Crippen molar-refractivity contribution in [2.45, 2.75) is 6.42 Å². The van der Waals surface area contributed by atoms with E-state index in [4.69, 9.17) is 9.47 Å². The van der Waals surface area contributed by atoms with Crippen molar-refractivity contribution in [1.29, 1.82) is 0 Å². The van der Waals surface area contributed by atoms with Crippen molar-refractivity contribution in [3.63, 3.8) is 0 Å². The molecule has 2 amide bonds. The van der Waals surface area contributed by atoms with Gasteiger partial charge in [-0.2, -0.15) is 0 Å². The average Bonchev–Trinajstić information content (AvgIpc) is 3.29. The van der Waals surface area contributed by atoms with E-state index in [0.717, 1.165) is 0 Å². The number of carbonyl (C=O) groups is 2. The van der Waals surface area contributed by atoms with Gasteiger partial charge in [0.15, 0.2) is 11.5 Å². The number of anilines is 2. The molecule has 2 aromatic carbocycles. The molecule has 2 aliphatic heterocycles. The van der Waals surface area contributed by atoms with Gasteiger partial charge in [0.25, 0.3) is 0 Å². The monoisotopic (exact) mass is 394 g/mol. The Morgan fingerprint density at radius 2 is 1.79 bits per heavy atom. The molecule has 3 heterocycles. The lowest BCUT2D eigenvalue weighted by Gasteiger charge is -2.22. The number of nitrogens with one attached hydrogen (secondary N) is 3. The lowest BCUT2D eigenvalue weighted by Crippen LogP contribution is -2.28. The molecule has 9 nitrogen and oxygen atoms in total. The summed E-state index contributed by atoms with van der Waals surface area (Å²) in [6.07, 6.45) is 0.128. The second-order valence-corrected chi connectivity index (χ2v) is 7.06. The maximum atomic E-state index is 12.7. The van der Waals surface area contributed by atoms with Crippen LogP contribution in [0.25, 0.3) is 11.0 Å². The van der Waals surface area contributed by atoms with Crippen LogP contribution in [0.4, 0.5) is 11.4 Å². The summed E-state index contributed by atoms with van der Waals surface area (Å²) in [5.74, 6) is 0.418. The fourth-order valence-electron chi connectivity index (χ4n) is 3.69. The highest BCUT2D eigenvalue weighted by molar-refractivity contribution is 6.04. The molecular weight excluding hydrogens is 376 g/mol. The summed E-state index contributed by atoms with van der Waals surface area (Å²) < 4.78 is 11.1. The first-order chi connectivity index (χ1) is 14.1. The summed E-state index contributed by atoms with van der Waals surface area (Å²) in [4.78, 5) is 43.5. The van der Waals surface area contributed by atoms with E-state index < -0.39 is 5.92 Å². The van der Waals surface area contributed by atoms with Gasteiger partial charge in [-0.25, -0.2) is 4.79 Å². The minimum absolute atomic E-state index is 0.118. The van der Waals surface area contributed by atoms with Crippen LogP contribution in [0.3, 0.4) is 0 Å². The van der Waals surface area contributed by atoms with Gasteiger partial charge in [0.2, 0.25) is 11.8 Å². The Labute approximate surface area is 164 Å². The molecule has 0 radical (unpaired) electrons. The van der Waals surface area contributed by atoms with Gasteiger partial charge in [0, 0.05) is 30.4 Å². The molecule has 0 bridgehead atoms. The van der Waals surface area contributed by atoms with Gasteiger partial charge < -0.3 is 29.7 Å². The number of nitrogens with zero attached hydrogens (tertiary/aromatic N) is 1. The van der Waals surface area contributed by atoms with Gasteiger partial charge in [-0.1, -0.05) is 0 Å². The zero-order valence-electron chi connectivity index (χ0n) is 15.4. The molecule has 1 aromatic heterocycles. The average molecular weight is 394 g/mol. The Morgan fingerprint density at radius 1 is 1.00 bits per heavy atom. The van der Waals surface area contributed by atoms with Crippen LogP contribution in [-0.4, -0.2) is 41.5 Å². The number of imidazole rings is 1. The highest BCUT2D eigenvalue weighted by atomic mass is 16.6. The Balaban J connectivity index is 1.31. The molecule has 0 aliphatic carbocycles. The van der Waals surface area contributed by atoms with E-state index in [1.165, 1.54) is 0 Å². The molecule has 2 aliphatic rings. The maximum absolute atomic E-state index is 12.7. The summed E-state index contributed by atoms with van der Waals surface area (Å²) >= 11 is 0. The molecule has 9 heteroatoms. The van der Waals surface area contributed by atoms with Crippen molar-refractivity contribution >= 4 is 34.2 Å². The molecule has 1 saturated heterocycles. The molecule has 0 saturated carbocycles. The van der Waals surface area contributed by atoms with Crippen LogP contribution in [0.2, 0.25) is 0 Å². The minimum Gasteiger partial charge on any atom is -0.486 e. The van der Waals surface area contributed by atoms with Crippen LogP contribution < -0.4 is 25.4 Å².